The third kappa shape index (κ3) is 3.25. The molecule has 1 fully saturated rings. The molecular formula is C17H21NO6. The van der Waals surface area contributed by atoms with Gasteiger partial charge < -0.3 is 9.47 Å². The van der Waals surface area contributed by atoms with Crippen molar-refractivity contribution in [2.24, 2.45) is 5.41 Å². The van der Waals surface area contributed by atoms with E-state index in [0.717, 1.165) is 0 Å². The van der Waals surface area contributed by atoms with Gasteiger partial charge in [0.2, 0.25) is 6.54 Å². The molecule has 24 heavy (non-hydrogen) atoms. The molecular weight excluding hydrogens is 314 g/mol. The molecule has 1 aliphatic rings. The molecule has 7 nitrogen and oxygen atoms in total. The number of carbonyl (C=O) groups excluding carboxylic acids is 2. The van der Waals surface area contributed by atoms with Crippen LogP contribution in [0.3, 0.4) is 0 Å². The van der Waals surface area contributed by atoms with E-state index in [0.29, 0.717) is 17.7 Å². The molecule has 0 aliphatic heterocycles. The Morgan fingerprint density at radius 2 is 2.21 bits per heavy atom. The van der Waals surface area contributed by atoms with Crippen LogP contribution in [-0.4, -0.2) is 36.9 Å². The first-order chi connectivity index (χ1) is 11.5. The zero-order chi connectivity index (χ0) is 17.7. The van der Waals surface area contributed by atoms with E-state index in [2.05, 4.69) is 0 Å². The SMILES string of the molecule is CCOC(=O)[C@]1([C@H](C[N+](=O)[O-])c2cccc(OC)c2)CCCC1=O. The van der Waals surface area contributed by atoms with Crippen LogP contribution in [0.15, 0.2) is 24.3 Å². The number of ketones is 1. The molecule has 1 aromatic carbocycles. The maximum absolute atomic E-state index is 12.6. The summed E-state index contributed by atoms with van der Waals surface area (Å²) in [5, 5.41) is 11.2. The van der Waals surface area contributed by atoms with Crippen LogP contribution in [0.1, 0.15) is 37.7 Å². The van der Waals surface area contributed by atoms with Crippen molar-refractivity contribution in [2.75, 3.05) is 20.3 Å². The summed E-state index contributed by atoms with van der Waals surface area (Å²) in [6.45, 7) is 1.26. The third-order valence-electron chi connectivity index (χ3n) is 4.53. The van der Waals surface area contributed by atoms with E-state index in [9.17, 15) is 19.7 Å². The predicted octanol–water partition coefficient (Wildman–Crippen LogP) is 2.36. The molecule has 2 atom stereocenters. The van der Waals surface area contributed by atoms with E-state index in [1.807, 2.05) is 0 Å². The van der Waals surface area contributed by atoms with Gasteiger partial charge in [0.15, 0.2) is 5.78 Å². The summed E-state index contributed by atoms with van der Waals surface area (Å²) in [7, 11) is 1.49. The summed E-state index contributed by atoms with van der Waals surface area (Å²) < 4.78 is 10.3. The van der Waals surface area contributed by atoms with Crippen LogP contribution in [0.5, 0.6) is 5.75 Å². The summed E-state index contributed by atoms with van der Waals surface area (Å²) in [5.41, 5.74) is -0.954. The molecule has 7 heteroatoms. The number of nitrogens with zero attached hydrogens (tertiary/aromatic N) is 1. The summed E-state index contributed by atoms with van der Waals surface area (Å²) in [5.74, 6) is -1.31. The lowest BCUT2D eigenvalue weighted by atomic mass is 9.69. The van der Waals surface area contributed by atoms with Crippen LogP contribution in [0.2, 0.25) is 0 Å². The van der Waals surface area contributed by atoms with Crippen LogP contribution in [-0.2, 0) is 14.3 Å². The second-order valence-corrected chi connectivity index (χ2v) is 5.81. The number of Topliss-reactive ketones (excluding diaryl/α,β-unsaturated/α-hetero) is 1. The molecule has 0 heterocycles. The maximum Gasteiger partial charge on any atom is 0.320 e. The quantitative estimate of drug-likeness (QED) is 0.328. The molecule has 2 rings (SSSR count). The molecule has 0 radical (unpaired) electrons. The third-order valence-corrected chi connectivity index (χ3v) is 4.53. The van der Waals surface area contributed by atoms with Crippen molar-refractivity contribution < 1.29 is 24.0 Å². The Morgan fingerprint density at radius 1 is 1.46 bits per heavy atom. The molecule has 0 amide bonds. The second-order valence-electron chi connectivity index (χ2n) is 5.81. The Balaban J connectivity index is 2.55. The van der Waals surface area contributed by atoms with Crippen molar-refractivity contribution >= 4 is 11.8 Å². The molecule has 1 aliphatic carbocycles. The first-order valence-corrected chi connectivity index (χ1v) is 7.92. The maximum atomic E-state index is 12.6. The lowest BCUT2D eigenvalue weighted by Gasteiger charge is -2.31. The van der Waals surface area contributed by atoms with Gasteiger partial charge in [0.05, 0.1) is 19.6 Å². The Hall–Kier alpha value is -2.44. The van der Waals surface area contributed by atoms with Gasteiger partial charge in [0.25, 0.3) is 0 Å². The van der Waals surface area contributed by atoms with Crippen LogP contribution in [0.4, 0.5) is 0 Å². The van der Waals surface area contributed by atoms with Crippen molar-refractivity contribution in [1.29, 1.82) is 0 Å². The Kier molecular flexibility index (Phi) is 5.54. The van der Waals surface area contributed by atoms with Gasteiger partial charge in [-0.3, -0.25) is 19.7 Å². The average Bonchev–Trinajstić information content (AvgIpc) is 2.95. The van der Waals surface area contributed by atoms with E-state index < -0.39 is 28.8 Å². The highest BCUT2D eigenvalue weighted by molar-refractivity contribution is 6.06. The van der Waals surface area contributed by atoms with E-state index in [4.69, 9.17) is 9.47 Å². The number of hydrogen-bond acceptors (Lipinski definition) is 6. The highest BCUT2D eigenvalue weighted by Crippen LogP contribution is 2.48. The fourth-order valence-corrected chi connectivity index (χ4v) is 3.43. The van der Waals surface area contributed by atoms with E-state index in [1.165, 1.54) is 7.11 Å². The van der Waals surface area contributed by atoms with Crippen molar-refractivity contribution in [3.05, 3.63) is 39.9 Å². The smallest absolute Gasteiger partial charge is 0.320 e. The average molecular weight is 335 g/mol. The molecule has 0 N–H and O–H groups in total. The molecule has 0 aromatic heterocycles. The van der Waals surface area contributed by atoms with Gasteiger partial charge in [-0.15, -0.1) is 0 Å². The van der Waals surface area contributed by atoms with Gasteiger partial charge in [-0.25, -0.2) is 0 Å². The molecule has 0 unspecified atom stereocenters. The van der Waals surface area contributed by atoms with E-state index >= 15 is 0 Å². The number of hydrogen-bond donors (Lipinski definition) is 0. The van der Waals surface area contributed by atoms with E-state index in [1.54, 1.807) is 31.2 Å². The van der Waals surface area contributed by atoms with Gasteiger partial charge in [-0.05, 0) is 37.5 Å². The minimum Gasteiger partial charge on any atom is -0.497 e. The Morgan fingerprint density at radius 3 is 2.75 bits per heavy atom. The Bertz CT molecular complexity index is 644. The zero-order valence-corrected chi connectivity index (χ0v) is 13.8. The first kappa shape index (κ1) is 17.9. The van der Waals surface area contributed by atoms with Crippen LogP contribution >= 0.6 is 0 Å². The number of esters is 1. The van der Waals surface area contributed by atoms with Crippen molar-refractivity contribution in [2.45, 2.75) is 32.1 Å². The topological polar surface area (TPSA) is 95.7 Å². The number of carbonyl (C=O) groups is 2. The van der Waals surface area contributed by atoms with Gasteiger partial charge in [-0.1, -0.05) is 12.1 Å². The van der Waals surface area contributed by atoms with Crippen molar-refractivity contribution in [3.63, 3.8) is 0 Å². The number of rotatable bonds is 7. The lowest BCUT2D eigenvalue weighted by Crippen LogP contribution is -2.45. The van der Waals surface area contributed by atoms with Gasteiger partial charge >= 0.3 is 5.97 Å². The predicted molar refractivity (Wildman–Crippen MR) is 85.5 cm³/mol. The summed E-state index contributed by atoms with van der Waals surface area (Å²) in [4.78, 5) is 36.0. The monoisotopic (exact) mass is 335 g/mol. The second kappa shape index (κ2) is 7.42. The minimum atomic E-state index is -1.49. The zero-order valence-electron chi connectivity index (χ0n) is 13.8. The number of nitro groups is 1. The van der Waals surface area contributed by atoms with Crippen LogP contribution in [0, 0.1) is 15.5 Å². The van der Waals surface area contributed by atoms with Crippen molar-refractivity contribution in [1.82, 2.24) is 0 Å². The molecule has 1 aromatic rings. The van der Waals surface area contributed by atoms with Gasteiger partial charge in [0.1, 0.15) is 11.2 Å². The molecule has 1 saturated carbocycles. The van der Waals surface area contributed by atoms with Crippen molar-refractivity contribution in [3.8, 4) is 5.75 Å². The van der Waals surface area contributed by atoms with Gasteiger partial charge in [0, 0.05) is 11.3 Å². The summed E-state index contributed by atoms with van der Waals surface area (Å²) in [6.07, 6.45) is 1.02. The fraction of sp³-hybridized carbons (Fsp3) is 0.529. The molecule has 0 saturated heterocycles. The summed E-state index contributed by atoms with van der Waals surface area (Å²) >= 11 is 0. The summed E-state index contributed by atoms with van der Waals surface area (Å²) in [6, 6.07) is 6.73. The molecule has 0 bridgehead atoms. The fourth-order valence-electron chi connectivity index (χ4n) is 3.43. The standard InChI is InChI=1S/C17H21NO6/c1-3-24-16(20)17(9-5-8-15(17)19)14(11-18(21)22)12-6-4-7-13(10-12)23-2/h4,6-7,10,14H,3,5,8-9,11H2,1-2H3/t14-,17+/m1/s1. The number of benzene rings is 1. The minimum absolute atomic E-state index is 0.122. The molecule has 0 spiro atoms. The normalized spacial score (nSPS) is 21.3. The Labute approximate surface area is 140 Å². The van der Waals surface area contributed by atoms with Gasteiger partial charge in [-0.2, -0.15) is 0 Å². The van der Waals surface area contributed by atoms with Crippen LogP contribution < -0.4 is 4.74 Å². The number of ether oxygens (including phenoxy) is 2. The highest BCUT2D eigenvalue weighted by atomic mass is 16.6. The number of methoxy groups -OCH3 is 1. The van der Waals surface area contributed by atoms with E-state index in [-0.39, 0.29) is 25.2 Å². The largest absolute Gasteiger partial charge is 0.497 e. The van der Waals surface area contributed by atoms with Crippen LogP contribution in [0.25, 0.3) is 0 Å². The molecule has 130 valence electrons. The lowest BCUT2D eigenvalue weighted by molar-refractivity contribution is -0.485. The first-order valence-electron chi connectivity index (χ1n) is 7.92. The highest BCUT2D eigenvalue weighted by Gasteiger charge is 2.57.